The monoisotopic (exact) mass is 532 g/mol. The van der Waals surface area contributed by atoms with E-state index in [1.807, 2.05) is 60.7 Å². The van der Waals surface area contributed by atoms with Crippen molar-refractivity contribution in [2.45, 2.75) is 12.8 Å². The maximum Gasteiger partial charge on any atom is 0.340 e. The molecule has 198 valence electrons. The lowest BCUT2D eigenvalue weighted by atomic mass is 9.80. The second-order valence-electron chi connectivity index (χ2n) is 9.40. The molecule has 0 aliphatic carbocycles. The first kappa shape index (κ1) is 25.1. The van der Waals surface area contributed by atoms with Gasteiger partial charge in [0.1, 0.15) is 17.9 Å². The molecule has 2 aliphatic rings. The van der Waals surface area contributed by atoms with Crippen LogP contribution in [0.3, 0.4) is 0 Å². The van der Waals surface area contributed by atoms with Crippen molar-refractivity contribution in [3.8, 4) is 5.75 Å². The highest BCUT2D eigenvalue weighted by atomic mass is 16.5. The predicted octanol–water partition coefficient (Wildman–Crippen LogP) is 4.55. The number of amides is 3. The molecule has 8 heteroatoms. The van der Waals surface area contributed by atoms with Gasteiger partial charge in [-0.1, -0.05) is 72.8 Å². The van der Waals surface area contributed by atoms with Gasteiger partial charge in [-0.05, 0) is 41.5 Å². The molecule has 0 radical (unpaired) electrons. The Kier molecular flexibility index (Phi) is 6.36. The van der Waals surface area contributed by atoms with Gasteiger partial charge >= 0.3 is 5.97 Å². The highest BCUT2D eigenvalue weighted by Crippen LogP contribution is 2.46. The third kappa shape index (κ3) is 4.19. The van der Waals surface area contributed by atoms with Crippen LogP contribution in [0.15, 0.2) is 102 Å². The zero-order valence-electron chi connectivity index (χ0n) is 21.5. The summed E-state index contributed by atoms with van der Waals surface area (Å²) in [6.45, 7) is 1.27. The predicted molar refractivity (Wildman–Crippen MR) is 146 cm³/mol. The van der Waals surface area contributed by atoms with Crippen LogP contribution in [0.25, 0.3) is 10.8 Å². The molecule has 1 N–H and O–H groups in total. The van der Waals surface area contributed by atoms with E-state index in [0.717, 1.165) is 26.8 Å². The van der Waals surface area contributed by atoms with Crippen molar-refractivity contribution >= 4 is 34.5 Å². The van der Waals surface area contributed by atoms with Gasteiger partial charge in [-0.25, -0.2) is 4.79 Å². The van der Waals surface area contributed by atoms with Crippen molar-refractivity contribution in [2.24, 2.45) is 0 Å². The summed E-state index contributed by atoms with van der Waals surface area (Å²) in [5.41, 5.74) is 2.17. The van der Waals surface area contributed by atoms with E-state index in [1.54, 1.807) is 37.3 Å². The van der Waals surface area contributed by atoms with E-state index >= 15 is 0 Å². The Morgan fingerprint density at radius 2 is 1.50 bits per heavy atom. The summed E-state index contributed by atoms with van der Waals surface area (Å²) < 4.78 is 11.6. The van der Waals surface area contributed by atoms with Gasteiger partial charge < -0.3 is 9.47 Å². The fourth-order valence-corrected chi connectivity index (χ4v) is 5.29. The number of nitrogens with zero attached hydrogens (tertiary/aromatic N) is 1. The molecule has 6 rings (SSSR count). The summed E-state index contributed by atoms with van der Waals surface area (Å²) in [5.74, 6) is -2.70. The second-order valence-corrected chi connectivity index (χ2v) is 9.40. The van der Waals surface area contributed by atoms with Crippen molar-refractivity contribution in [1.29, 1.82) is 0 Å². The van der Waals surface area contributed by atoms with Crippen LogP contribution in [0, 0.1) is 0 Å². The molecule has 8 nitrogen and oxygen atoms in total. The first-order chi connectivity index (χ1) is 19.5. The van der Waals surface area contributed by atoms with Crippen LogP contribution in [0.5, 0.6) is 5.75 Å². The van der Waals surface area contributed by atoms with E-state index in [0.29, 0.717) is 5.75 Å². The molecule has 2 heterocycles. The number of fused-ring (bicyclic) bond motifs is 4. The Labute approximate surface area is 229 Å². The largest absolute Gasteiger partial charge is 0.462 e. The van der Waals surface area contributed by atoms with Crippen molar-refractivity contribution in [1.82, 2.24) is 10.2 Å². The first-order valence-corrected chi connectivity index (χ1v) is 12.9. The number of benzene rings is 4. The normalized spacial score (nSPS) is 15.9. The van der Waals surface area contributed by atoms with Crippen molar-refractivity contribution in [3.63, 3.8) is 0 Å². The van der Waals surface area contributed by atoms with Crippen LogP contribution in [-0.4, -0.2) is 41.7 Å². The molecule has 4 aromatic carbocycles. The van der Waals surface area contributed by atoms with E-state index < -0.39 is 36.2 Å². The molecule has 0 saturated heterocycles. The van der Waals surface area contributed by atoms with Crippen LogP contribution >= 0.6 is 0 Å². The molecule has 0 bridgehead atoms. The Morgan fingerprint density at radius 3 is 2.20 bits per heavy atom. The van der Waals surface area contributed by atoms with Gasteiger partial charge in [0.2, 0.25) is 11.8 Å². The average Bonchev–Trinajstić information content (AvgIpc) is 3.21. The highest BCUT2D eigenvalue weighted by molar-refractivity contribution is 6.22. The standard InChI is InChI=1S/C32H24N2O6/c1-2-39-32(38)28-26(20-11-4-3-5-12-20)27-21-13-7-6-10-19(21)16-17-24(27)40-29(28)33-25(35)18-34-30(36)22-14-8-9-15-23(22)31(34)37/h3-17,26H,2,18H2,1H3,(H,33,35). The van der Waals surface area contributed by atoms with Gasteiger partial charge in [-0.15, -0.1) is 0 Å². The lowest BCUT2D eigenvalue weighted by molar-refractivity contribution is -0.139. The van der Waals surface area contributed by atoms with Gasteiger partial charge in [0.15, 0.2) is 0 Å². The fraction of sp³-hybridized carbons (Fsp3) is 0.125. The minimum Gasteiger partial charge on any atom is -0.462 e. The van der Waals surface area contributed by atoms with Crippen LogP contribution in [0.1, 0.15) is 44.7 Å². The molecular weight excluding hydrogens is 508 g/mol. The van der Waals surface area contributed by atoms with Gasteiger partial charge in [-0.2, -0.15) is 0 Å². The van der Waals surface area contributed by atoms with Gasteiger partial charge in [0, 0.05) is 5.56 Å². The lowest BCUT2D eigenvalue weighted by Crippen LogP contribution is -2.42. The number of esters is 1. The molecule has 3 amide bonds. The molecule has 2 aliphatic heterocycles. The number of ether oxygens (including phenoxy) is 2. The second kappa shape index (κ2) is 10.1. The number of carbonyl (C=O) groups is 4. The maximum atomic E-state index is 13.5. The fourth-order valence-electron chi connectivity index (χ4n) is 5.29. The SMILES string of the molecule is CCOC(=O)C1=C(NC(=O)CN2C(=O)c3ccccc3C2=O)Oc2ccc3ccccc3c2C1c1ccccc1. The van der Waals surface area contributed by atoms with Gasteiger partial charge in [0.05, 0.1) is 23.7 Å². The van der Waals surface area contributed by atoms with E-state index in [2.05, 4.69) is 5.32 Å². The molecule has 1 unspecified atom stereocenters. The molecule has 4 aromatic rings. The summed E-state index contributed by atoms with van der Waals surface area (Å²) in [4.78, 5) is 53.3. The van der Waals surface area contributed by atoms with Crippen LogP contribution < -0.4 is 10.1 Å². The maximum absolute atomic E-state index is 13.5. The molecule has 1 atom stereocenters. The van der Waals surface area contributed by atoms with E-state index in [-0.39, 0.29) is 29.2 Å². The molecule has 40 heavy (non-hydrogen) atoms. The zero-order chi connectivity index (χ0) is 27.8. The quantitative estimate of drug-likeness (QED) is 0.289. The number of rotatable bonds is 6. The van der Waals surface area contributed by atoms with Crippen molar-refractivity contribution in [3.05, 3.63) is 125 Å². The Morgan fingerprint density at radius 1 is 0.850 bits per heavy atom. The minimum absolute atomic E-state index is 0.100. The Balaban J connectivity index is 1.42. The van der Waals surface area contributed by atoms with E-state index in [4.69, 9.17) is 9.47 Å². The molecular formula is C32H24N2O6. The Bertz CT molecular complexity index is 1690. The average molecular weight is 533 g/mol. The van der Waals surface area contributed by atoms with E-state index in [9.17, 15) is 19.2 Å². The van der Waals surface area contributed by atoms with Crippen LogP contribution in [0.2, 0.25) is 0 Å². The molecule has 0 spiro atoms. The van der Waals surface area contributed by atoms with E-state index in [1.165, 1.54) is 0 Å². The minimum atomic E-state index is -0.692. The zero-order valence-corrected chi connectivity index (χ0v) is 21.5. The summed E-state index contributed by atoms with van der Waals surface area (Å²) in [7, 11) is 0. The number of hydrogen-bond donors (Lipinski definition) is 1. The summed E-state index contributed by atoms with van der Waals surface area (Å²) in [6, 6.07) is 27.3. The molecule has 0 fully saturated rings. The highest BCUT2D eigenvalue weighted by Gasteiger charge is 2.40. The summed E-state index contributed by atoms with van der Waals surface area (Å²) in [5, 5.41) is 4.52. The number of hydrogen-bond acceptors (Lipinski definition) is 6. The third-order valence-corrected chi connectivity index (χ3v) is 7.03. The van der Waals surface area contributed by atoms with Crippen LogP contribution in [0.4, 0.5) is 0 Å². The number of carbonyl (C=O) groups excluding carboxylic acids is 4. The molecule has 0 saturated carbocycles. The first-order valence-electron chi connectivity index (χ1n) is 12.9. The van der Waals surface area contributed by atoms with Gasteiger partial charge in [-0.3, -0.25) is 24.6 Å². The van der Waals surface area contributed by atoms with Crippen LogP contribution in [-0.2, 0) is 14.3 Å². The smallest absolute Gasteiger partial charge is 0.340 e. The summed E-state index contributed by atoms with van der Waals surface area (Å²) in [6.07, 6.45) is 0. The Hall–Kier alpha value is -5.24. The molecule has 0 aromatic heterocycles. The number of imide groups is 1. The lowest BCUT2D eigenvalue weighted by Gasteiger charge is -2.31. The van der Waals surface area contributed by atoms with Gasteiger partial charge in [0.25, 0.3) is 11.8 Å². The summed E-state index contributed by atoms with van der Waals surface area (Å²) >= 11 is 0. The topological polar surface area (TPSA) is 102 Å². The third-order valence-electron chi connectivity index (χ3n) is 7.03. The van der Waals surface area contributed by atoms with Crippen molar-refractivity contribution < 1.29 is 28.7 Å². The number of nitrogens with one attached hydrogen (secondary N) is 1. The van der Waals surface area contributed by atoms with Crippen molar-refractivity contribution in [2.75, 3.05) is 13.2 Å².